The summed E-state index contributed by atoms with van der Waals surface area (Å²) in [6, 6.07) is 3.49. The number of likely N-dealkylation sites (tertiary alicyclic amines) is 1. The number of fused-ring (bicyclic) bond motifs is 1. The smallest absolute Gasteiger partial charge is 0.312 e. The molecule has 12 heteroatoms. The quantitative estimate of drug-likeness (QED) is 0.157. The molecule has 0 aliphatic carbocycles. The maximum Gasteiger partial charge on any atom is 0.312 e. The van der Waals surface area contributed by atoms with Crippen molar-refractivity contribution in [3.05, 3.63) is 54.1 Å². The molecule has 3 amide bonds. The summed E-state index contributed by atoms with van der Waals surface area (Å²) in [6.07, 6.45) is 3.38. The van der Waals surface area contributed by atoms with E-state index >= 15 is 0 Å². The summed E-state index contributed by atoms with van der Waals surface area (Å²) in [4.78, 5) is 58.0. The summed E-state index contributed by atoms with van der Waals surface area (Å²) in [5.41, 5.74) is -0.109. The molecule has 3 saturated heterocycles. The van der Waals surface area contributed by atoms with Crippen LogP contribution in [-0.4, -0.2) is 88.1 Å². The molecular weight excluding hydrogens is 678 g/mol. The second kappa shape index (κ2) is 15.0. The highest BCUT2D eigenvalue weighted by atomic mass is 79.9. The number of rotatable bonds is 15. The molecule has 4 rings (SSSR count). The first kappa shape index (κ1) is 36.1. The highest BCUT2D eigenvalue weighted by molar-refractivity contribution is 9.09. The third-order valence-corrected chi connectivity index (χ3v) is 10.2. The zero-order valence-electron chi connectivity index (χ0n) is 26.9. The van der Waals surface area contributed by atoms with Crippen LogP contribution in [0.4, 0.5) is 5.69 Å². The Balaban J connectivity index is 1.73. The molecule has 3 aliphatic rings. The van der Waals surface area contributed by atoms with Crippen LogP contribution >= 0.6 is 27.5 Å². The van der Waals surface area contributed by atoms with Gasteiger partial charge in [0.05, 0.1) is 47.8 Å². The fourth-order valence-electron chi connectivity index (χ4n) is 7.26. The Labute approximate surface area is 284 Å². The number of anilines is 1. The number of aryl methyl sites for hydroxylation is 1. The van der Waals surface area contributed by atoms with Crippen molar-refractivity contribution in [3.8, 4) is 0 Å². The molecular formula is C34H45BrClN3O7. The largest absolute Gasteiger partial charge is 0.460 e. The van der Waals surface area contributed by atoms with Gasteiger partial charge < -0.3 is 29.7 Å². The SMILES string of the molecule is C=CCCC(=O)NC[C@@H](C)OC(=O)[C@H]1[C@@H]2O[C@@]3(CC2Br)[C@@H]1C(=O)N([C@@H](CO)CC(C)C)[C@@H]3C(=O)N(CC=C)c1c(C)cccc1Cl. The highest BCUT2D eigenvalue weighted by Gasteiger charge is 2.77. The van der Waals surface area contributed by atoms with E-state index < -0.39 is 59.5 Å². The van der Waals surface area contributed by atoms with Gasteiger partial charge >= 0.3 is 5.97 Å². The van der Waals surface area contributed by atoms with Crippen molar-refractivity contribution in [3.63, 3.8) is 0 Å². The van der Waals surface area contributed by atoms with Crippen LogP contribution in [0.3, 0.4) is 0 Å². The zero-order valence-corrected chi connectivity index (χ0v) is 29.3. The van der Waals surface area contributed by atoms with Crippen molar-refractivity contribution < 1.29 is 33.8 Å². The molecule has 1 aromatic rings. The minimum atomic E-state index is -1.36. The van der Waals surface area contributed by atoms with Gasteiger partial charge in [-0.2, -0.15) is 0 Å². The molecule has 3 aliphatic heterocycles. The number of benzene rings is 1. The third-order valence-electron chi connectivity index (χ3n) is 9.10. The van der Waals surface area contributed by atoms with Crippen molar-refractivity contribution >= 4 is 56.9 Å². The fraction of sp³-hybridized carbons (Fsp3) is 0.588. The Morgan fingerprint density at radius 1 is 1.28 bits per heavy atom. The number of nitrogens with zero attached hydrogens (tertiary/aromatic N) is 2. The van der Waals surface area contributed by atoms with Crippen LogP contribution in [0.15, 0.2) is 43.5 Å². The van der Waals surface area contributed by atoms with Gasteiger partial charge in [-0.05, 0) is 50.7 Å². The fourth-order valence-corrected chi connectivity index (χ4v) is 8.53. The van der Waals surface area contributed by atoms with Crippen LogP contribution < -0.4 is 10.2 Å². The minimum absolute atomic E-state index is 0.0956. The van der Waals surface area contributed by atoms with E-state index in [9.17, 15) is 24.3 Å². The number of aliphatic hydroxyl groups excluding tert-OH is 1. The standard InChI is InChI=1S/C34H45BrClN3O7/c1-7-9-13-25(41)37-17-21(6)45-33(44)26-27-31(42)39(22(18-40)15-19(3)4)30(34(27)16-23(35)29(26)46-34)32(43)38(14-8-2)28-20(5)11-10-12-24(28)36/h7-8,10-12,19,21-23,26-27,29-30,40H,1-2,9,13-18H2,3-6H3,(H,37,41)/t21-,22-,23?,26-,27+,29-,30-,34+/m1/s1. The van der Waals surface area contributed by atoms with Crippen LogP contribution in [0.2, 0.25) is 5.02 Å². The normalized spacial score (nSPS) is 27.7. The van der Waals surface area contributed by atoms with Crippen molar-refractivity contribution in [2.75, 3.05) is 24.6 Å². The van der Waals surface area contributed by atoms with E-state index in [0.717, 1.165) is 5.56 Å². The molecule has 8 atom stereocenters. The Bertz CT molecular complexity index is 1340. The molecule has 0 aromatic heterocycles. The summed E-state index contributed by atoms with van der Waals surface area (Å²) < 4.78 is 12.4. The molecule has 2 N–H and O–H groups in total. The first-order valence-corrected chi connectivity index (χ1v) is 17.1. The third kappa shape index (κ3) is 6.79. The number of alkyl halides is 1. The van der Waals surface area contributed by atoms with Crippen LogP contribution in [0.25, 0.3) is 0 Å². The van der Waals surface area contributed by atoms with Crippen molar-refractivity contribution in [1.82, 2.24) is 10.2 Å². The first-order valence-electron chi connectivity index (χ1n) is 15.8. The number of allylic oxidation sites excluding steroid dienone is 1. The highest BCUT2D eigenvalue weighted by Crippen LogP contribution is 2.61. The van der Waals surface area contributed by atoms with Crippen LogP contribution in [0, 0.1) is 24.7 Å². The summed E-state index contributed by atoms with van der Waals surface area (Å²) in [6.45, 7) is 14.8. The van der Waals surface area contributed by atoms with Crippen LogP contribution in [0.1, 0.15) is 52.0 Å². The van der Waals surface area contributed by atoms with Crippen molar-refractivity contribution in [2.24, 2.45) is 17.8 Å². The van der Waals surface area contributed by atoms with Crippen LogP contribution in [-0.2, 0) is 28.7 Å². The minimum Gasteiger partial charge on any atom is -0.460 e. The van der Waals surface area contributed by atoms with Gasteiger partial charge in [-0.1, -0.05) is 65.7 Å². The number of carbonyl (C=O) groups excluding carboxylic acids is 4. The Hall–Kier alpha value is -2.73. The number of ether oxygens (including phenoxy) is 2. The van der Waals surface area contributed by atoms with E-state index in [2.05, 4.69) is 34.4 Å². The van der Waals surface area contributed by atoms with E-state index in [-0.39, 0.29) is 42.8 Å². The second-order valence-corrected chi connectivity index (χ2v) is 14.5. The summed E-state index contributed by atoms with van der Waals surface area (Å²) in [7, 11) is 0. The van der Waals surface area contributed by atoms with Gasteiger partial charge in [0.25, 0.3) is 5.91 Å². The lowest BCUT2D eigenvalue weighted by Crippen LogP contribution is -2.59. The predicted molar refractivity (Wildman–Crippen MR) is 180 cm³/mol. The Kier molecular flexibility index (Phi) is 11.8. The van der Waals surface area contributed by atoms with Gasteiger partial charge in [-0.15, -0.1) is 13.2 Å². The predicted octanol–water partition coefficient (Wildman–Crippen LogP) is 4.34. The molecule has 1 aromatic carbocycles. The van der Waals surface area contributed by atoms with E-state index in [1.54, 1.807) is 31.2 Å². The van der Waals surface area contributed by atoms with Gasteiger partial charge in [-0.25, -0.2) is 0 Å². The molecule has 46 heavy (non-hydrogen) atoms. The van der Waals surface area contributed by atoms with Gasteiger partial charge in [0.15, 0.2) is 0 Å². The van der Waals surface area contributed by atoms with E-state index in [0.29, 0.717) is 30.0 Å². The van der Waals surface area contributed by atoms with E-state index in [1.165, 1.54) is 9.80 Å². The number of nitrogens with one attached hydrogen (secondary N) is 1. The number of carbonyl (C=O) groups is 4. The van der Waals surface area contributed by atoms with E-state index in [1.807, 2.05) is 26.8 Å². The lowest BCUT2D eigenvalue weighted by Gasteiger charge is -2.40. The van der Waals surface area contributed by atoms with Gasteiger partial charge in [0.2, 0.25) is 11.8 Å². The van der Waals surface area contributed by atoms with Crippen molar-refractivity contribution in [2.45, 2.75) is 88.1 Å². The average molecular weight is 723 g/mol. The maximum atomic E-state index is 14.9. The number of para-hydroxylation sites is 1. The molecule has 0 radical (unpaired) electrons. The summed E-state index contributed by atoms with van der Waals surface area (Å²) >= 11 is 10.3. The summed E-state index contributed by atoms with van der Waals surface area (Å²) in [5, 5.41) is 13.7. The number of esters is 1. The number of amides is 3. The van der Waals surface area contributed by atoms with Crippen molar-refractivity contribution in [1.29, 1.82) is 0 Å². The summed E-state index contributed by atoms with van der Waals surface area (Å²) in [5.74, 6) is -3.60. The lowest BCUT2D eigenvalue weighted by molar-refractivity contribution is -0.159. The molecule has 0 saturated carbocycles. The van der Waals surface area contributed by atoms with Gasteiger partial charge in [-0.3, -0.25) is 19.2 Å². The Morgan fingerprint density at radius 2 is 2.00 bits per heavy atom. The lowest BCUT2D eigenvalue weighted by atomic mass is 9.70. The van der Waals surface area contributed by atoms with Gasteiger partial charge in [0.1, 0.15) is 17.7 Å². The van der Waals surface area contributed by atoms with Crippen LogP contribution in [0.5, 0.6) is 0 Å². The van der Waals surface area contributed by atoms with E-state index in [4.69, 9.17) is 21.1 Å². The molecule has 10 nitrogen and oxygen atoms in total. The molecule has 252 valence electrons. The number of aliphatic hydroxyl groups is 1. The second-order valence-electron chi connectivity index (χ2n) is 12.9. The number of hydrogen-bond acceptors (Lipinski definition) is 7. The molecule has 3 heterocycles. The number of hydrogen-bond donors (Lipinski definition) is 2. The topological polar surface area (TPSA) is 125 Å². The molecule has 3 fully saturated rings. The molecule has 1 spiro atoms. The molecule has 1 unspecified atom stereocenters. The maximum absolute atomic E-state index is 14.9. The average Bonchev–Trinajstić information content (AvgIpc) is 3.60. The monoisotopic (exact) mass is 721 g/mol. The number of halogens is 2. The van der Waals surface area contributed by atoms with Gasteiger partial charge in [0, 0.05) is 17.8 Å². The first-order chi connectivity index (χ1) is 21.8. The molecule has 2 bridgehead atoms. The Morgan fingerprint density at radius 3 is 2.61 bits per heavy atom. The zero-order chi connectivity index (χ0) is 33.9.